The Morgan fingerprint density at radius 1 is 1.29 bits per heavy atom. The second-order valence-corrected chi connectivity index (χ2v) is 4.70. The molecular weight excluding hydrogens is 214 g/mol. The van der Waals surface area contributed by atoms with E-state index < -0.39 is 0 Å². The van der Waals surface area contributed by atoms with E-state index >= 15 is 0 Å². The van der Waals surface area contributed by atoms with Gasteiger partial charge in [0.2, 0.25) is 0 Å². The first-order chi connectivity index (χ1) is 8.33. The molecule has 0 bridgehead atoms. The largest absolute Gasteiger partial charge is 0.365 e. The van der Waals surface area contributed by atoms with Gasteiger partial charge in [-0.3, -0.25) is 0 Å². The van der Waals surface area contributed by atoms with Crippen LogP contribution in [0.3, 0.4) is 0 Å². The topological polar surface area (TPSA) is 68.2 Å². The van der Waals surface area contributed by atoms with E-state index in [1.54, 1.807) is 6.33 Å². The van der Waals surface area contributed by atoms with Crippen molar-refractivity contribution < 1.29 is 0 Å². The van der Waals surface area contributed by atoms with Crippen LogP contribution in [0.4, 0.5) is 5.82 Å². The summed E-state index contributed by atoms with van der Waals surface area (Å²) in [5.74, 6) is 0.922. The van der Waals surface area contributed by atoms with Crippen molar-refractivity contribution in [2.45, 2.75) is 37.8 Å². The van der Waals surface area contributed by atoms with Crippen LogP contribution in [0.15, 0.2) is 24.7 Å². The molecule has 5 nitrogen and oxygen atoms in total. The number of aromatic nitrogens is 3. The van der Waals surface area contributed by atoms with Gasteiger partial charge in [-0.2, -0.15) is 5.10 Å². The molecule has 0 amide bonds. The number of nitrogens with two attached hydrogens (primary N) is 1. The summed E-state index contributed by atoms with van der Waals surface area (Å²) in [6.45, 7) is 0. The molecule has 0 spiro atoms. The Morgan fingerprint density at radius 3 is 2.94 bits per heavy atom. The molecule has 1 fully saturated rings. The zero-order valence-electron chi connectivity index (χ0n) is 9.71. The lowest BCUT2D eigenvalue weighted by Gasteiger charge is -2.27. The van der Waals surface area contributed by atoms with Gasteiger partial charge in [-0.1, -0.05) is 0 Å². The average molecular weight is 231 g/mol. The number of hydrogen-bond acceptors (Lipinski definition) is 4. The van der Waals surface area contributed by atoms with Gasteiger partial charge in [-0.25, -0.2) is 9.50 Å². The number of rotatable bonds is 2. The molecule has 1 aliphatic rings. The van der Waals surface area contributed by atoms with Gasteiger partial charge in [-0.05, 0) is 37.8 Å². The number of nitrogens with one attached hydrogen (secondary N) is 1. The molecule has 17 heavy (non-hydrogen) atoms. The fraction of sp³-hybridized carbons (Fsp3) is 0.500. The van der Waals surface area contributed by atoms with Crippen molar-refractivity contribution in [1.29, 1.82) is 0 Å². The molecular formula is C12H17N5. The van der Waals surface area contributed by atoms with Crippen LogP contribution in [0.1, 0.15) is 25.7 Å². The highest BCUT2D eigenvalue weighted by Crippen LogP contribution is 2.22. The van der Waals surface area contributed by atoms with Gasteiger partial charge >= 0.3 is 0 Å². The second kappa shape index (κ2) is 4.33. The molecule has 2 aromatic rings. The van der Waals surface area contributed by atoms with Crippen LogP contribution < -0.4 is 11.1 Å². The summed E-state index contributed by atoms with van der Waals surface area (Å²) >= 11 is 0. The molecule has 2 aromatic heterocycles. The molecule has 0 atom stereocenters. The van der Waals surface area contributed by atoms with Crippen LogP contribution in [0.2, 0.25) is 0 Å². The molecule has 0 saturated heterocycles. The third kappa shape index (κ3) is 2.10. The summed E-state index contributed by atoms with van der Waals surface area (Å²) in [4.78, 5) is 4.32. The van der Waals surface area contributed by atoms with Crippen molar-refractivity contribution in [2.75, 3.05) is 5.32 Å². The lowest BCUT2D eigenvalue weighted by Crippen LogP contribution is -2.33. The highest BCUT2D eigenvalue weighted by molar-refractivity contribution is 5.67. The number of anilines is 1. The lowest BCUT2D eigenvalue weighted by atomic mass is 9.92. The first-order valence-corrected chi connectivity index (χ1v) is 6.13. The standard InChI is InChI=1S/C12H17N5/c13-9-3-5-10(6-4-9)16-12-11-2-1-7-17(11)15-8-14-12/h1-2,7-10H,3-6,13H2,(H,14,15,16). The highest BCUT2D eigenvalue weighted by Gasteiger charge is 2.19. The van der Waals surface area contributed by atoms with E-state index in [1.807, 2.05) is 22.8 Å². The first-order valence-electron chi connectivity index (χ1n) is 6.13. The molecule has 3 rings (SSSR count). The van der Waals surface area contributed by atoms with Gasteiger partial charge in [0.25, 0.3) is 0 Å². The summed E-state index contributed by atoms with van der Waals surface area (Å²) in [7, 11) is 0. The van der Waals surface area contributed by atoms with Crippen LogP contribution in [-0.2, 0) is 0 Å². The summed E-state index contributed by atoms with van der Waals surface area (Å²) in [6.07, 6.45) is 7.96. The second-order valence-electron chi connectivity index (χ2n) is 4.70. The van der Waals surface area contributed by atoms with Crippen molar-refractivity contribution in [2.24, 2.45) is 5.73 Å². The molecule has 1 aliphatic carbocycles. The zero-order valence-corrected chi connectivity index (χ0v) is 9.71. The molecule has 0 radical (unpaired) electrons. The van der Waals surface area contributed by atoms with Gasteiger partial charge in [0.15, 0.2) is 5.82 Å². The molecule has 0 aromatic carbocycles. The predicted molar refractivity (Wildman–Crippen MR) is 66.8 cm³/mol. The number of nitrogens with zero attached hydrogens (tertiary/aromatic N) is 3. The summed E-state index contributed by atoms with van der Waals surface area (Å²) in [5, 5.41) is 7.66. The molecule has 90 valence electrons. The zero-order chi connectivity index (χ0) is 11.7. The highest BCUT2D eigenvalue weighted by atomic mass is 15.2. The van der Waals surface area contributed by atoms with Gasteiger partial charge in [0, 0.05) is 18.3 Å². The molecule has 3 N–H and O–H groups in total. The van der Waals surface area contributed by atoms with Crippen molar-refractivity contribution >= 4 is 11.3 Å². The molecule has 2 heterocycles. The van der Waals surface area contributed by atoms with E-state index in [9.17, 15) is 0 Å². The van der Waals surface area contributed by atoms with Crippen LogP contribution in [0.5, 0.6) is 0 Å². The summed E-state index contributed by atoms with van der Waals surface area (Å²) in [6, 6.07) is 4.87. The quantitative estimate of drug-likeness (QED) is 0.820. The third-order valence-corrected chi connectivity index (χ3v) is 3.45. The maximum absolute atomic E-state index is 5.91. The Morgan fingerprint density at radius 2 is 2.12 bits per heavy atom. The molecule has 5 heteroatoms. The van der Waals surface area contributed by atoms with Gasteiger partial charge in [0.1, 0.15) is 11.8 Å². The van der Waals surface area contributed by atoms with Crippen molar-refractivity contribution in [3.8, 4) is 0 Å². The molecule has 1 saturated carbocycles. The lowest BCUT2D eigenvalue weighted by molar-refractivity contribution is 0.410. The van der Waals surface area contributed by atoms with Crippen molar-refractivity contribution in [3.63, 3.8) is 0 Å². The minimum Gasteiger partial charge on any atom is -0.365 e. The Kier molecular flexibility index (Phi) is 2.68. The Hall–Kier alpha value is -1.62. The smallest absolute Gasteiger partial charge is 0.154 e. The van der Waals surface area contributed by atoms with E-state index in [2.05, 4.69) is 15.4 Å². The first kappa shape index (κ1) is 10.5. The van der Waals surface area contributed by atoms with Crippen LogP contribution in [0.25, 0.3) is 5.52 Å². The van der Waals surface area contributed by atoms with Gasteiger partial charge in [0.05, 0.1) is 0 Å². The molecule has 0 aliphatic heterocycles. The minimum atomic E-state index is 0.381. The Labute approximate surface area is 100 Å². The fourth-order valence-electron chi connectivity index (χ4n) is 2.43. The van der Waals surface area contributed by atoms with Crippen LogP contribution in [-0.4, -0.2) is 26.7 Å². The Bertz CT molecular complexity index is 498. The predicted octanol–water partition coefficient (Wildman–Crippen LogP) is 1.41. The molecule has 0 unspecified atom stereocenters. The summed E-state index contributed by atoms with van der Waals surface area (Å²) < 4.78 is 1.84. The van der Waals surface area contributed by atoms with E-state index in [0.29, 0.717) is 12.1 Å². The maximum Gasteiger partial charge on any atom is 0.154 e. The average Bonchev–Trinajstić information content (AvgIpc) is 2.81. The normalized spacial score (nSPS) is 25.0. The fourth-order valence-corrected chi connectivity index (χ4v) is 2.43. The SMILES string of the molecule is NC1CCC(Nc2ncnn3cccc23)CC1. The van der Waals surface area contributed by atoms with Crippen molar-refractivity contribution in [1.82, 2.24) is 14.6 Å². The third-order valence-electron chi connectivity index (χ3n) is 3.45. The van der Waals surface area contributed by atoms with Crippen molar-refractivity contribution in [3.05, 3.63) is 24.7 Å². The monoisotopic (exact) mass is 231 g/mol. The van der Waals surface area contributed by atoms with Crippen LogP contribution in [0, 0.1) is 0 Å². The summed E-state index contributed by atoms with van der Waals surface area (Å²) in [5.41, 5.74) is 6.94. The number of hydrogen-bond donors (Lipinski definition) is 2. The van der Waals surface area contributed by atoms with Gasteiger partial charge in [-0.15, -0.1) is 0 Å². The number of fused-ring (bicyclic) bond motifs is 1. The van der Waals surface area contributed by atoms with E-state index in [1.165, 1.54) is 0 Å². The van der Waals surface area contributed by atoms with Gasteiger partial charge < -0.3 is 11.1 Å². The Balaban J connectivity index is 1.78. The van der Waals surface area contributed by atoms with E-state index in [4.69, 9.17) is 5.73 Å². The minimum absolute atomic E-state index is 0.381. The van der Waals surface area contributed by atoms with E-state index in [0.717, 1.165) is 37.0 Å². The van der Waals surface area contributed by atoms with E-state index in [-0.39, 0.29) is 0 Å². The maximum atomic E-state index is 5.91. The van der Waals surface area contributed by atoms with Crippen LogP contribution >= 0.6 is 0 Å².